The van der Waals surface area contributed by atoms with E-state index in [1.165, 1.54) is 23.7 Å². The van der Waals surface area contributed by atoms with Crippen LogP contribution >= 0.6 is 11.5 Å². The van der Waals surface area contributed by atoms with Crippen molar-refractivity contribution in [3.8, 4) is 17.1 Å². The van der Waals surface area contributed by atoms with Crippen molar-refractivity contribution in [2.45, 2.75) is 13.5 Å². The Morgan fingerprint density at radius 1 is 1.38 bits per heavy atom. The molecule has 0 spiro atoms. The highest BCUT2D eigenvalue weighted by atomic mass is 32.1. The molecule has 16 heavy (non-hydrogen) atoms. The van der Waals surface area contributed by atoms with Crippen LogP contribution in [0.5, 0.6) is 5.75 Å². The maximum absolute atomic E-state index is 12.0. The van der Waals surface area contributed by atoms with Crippen molar-refractivity contribution in [3.63, 3.8) is 0 Å². The van der Waals surface area contributed by atoms with Crippen LogP contribution in [0.4, 0.5) is 8.78 Å². The number of benzene rings is 1. The third-order valence-corrected chi connectivity index (χ3v) is 2.46. The zero-order valence-electron chi connectivity index (χ0n) is 8.35. The van der Waals surface area contributed by atoms with Crippen LogP contribution in [-0.4, -0.2) is 16.0 Å². The summed E-state index contributed by atoms with van der Waals surface area (Å²) in [7, 11) is 0. The van der Waals surface area contributed by atoms with Crippen LogP contribution in [0.1, 0.15) is 5.01 Å². The summed E-state index contributed by atoms with van der Waals surface area (Å²) in [5, 5.41) is 0.829. The van der Waals surface area contributed by atoms with Crippen molar-refractivity contribution in [2.75, 3.05) is 0 Å². The Kier molecular flexibility index (Phi) is 3.09. The summed E-state index contributed by atoms with van der Waals surface area (Å²) in [6.45, 7) is -0.985. The third kappa shape index (κ3) is 2.52. The minimum Gasteiger partial charge on any atom is -0.435 e. The van der Waals surface area contributed by atoms with E-state index in [2.05, 4.69) is 14.1 Å². The molecule has 1 aromatic carbocycles. The fourth-order valence-electron chi connectivity index (χ4n) is 1.23. The fraction of sp³-hybridized carbons (Fsp3) is 0.200. The zero-order valence-corrected chi connectivity index (χ0v) is 9.17. The van der Waals surface area contributed by atoms with Crippen LogP contribution in [0.15, 0.2) is 24.3 Å². The van der Waals surface area contributed by atoms with E-state index in [0.717, 1.165) is 5.01 Å². The molecular weight excluding hydrogens is 234 g/mol. The highest BCUT2D eigenvalue weighted by Crippen LogP contribution is 2.23. The molecule has 2 aromatic rings. The van der Waals surface area contributed by atoms with Gasteiger partial charge in [0.2, 0.25) is 0 Å². The number of hydrogen-bond acceptors (Lipinski definition) is 4. The normalized spacial score (nSPS) is 10.8. The molecule has 0 unspecified atom stereocenters. The SMILES string of the molecule is Cc1nc(-c2cccc(OC(F)F)c2)ns1. The quantitative estimate of drug-likeness (QED) is 0.829. The molecular formula is C10H8F2N2OS. The summed E-state index contributed by atoms with van der Waals surface area (Å²) in [4.78, 5) is 4.17. The number of rotatable bonds is 3. The topological polar surface area (TPSA) is 35.0 Å². The maximum atomic E-state index is 12.0. The minimum absolute atomic E-state index is 0.111. The van der Waals surface area contributed by atoms with Gasteiger partial charge in [-0.25, -0.2) is 4.98 Å². The molecule has 0 atom stereocenters. The van der Waals surface area contributed by atoms with E-state index in [4.69, 9.17) is 0 Å². The summed E-state index contributed by atoms with van der Waals surface area (Å²) in [6.07, 6.45) is 0. The highest BCUT2D eigenvalue weighted by Gasteiger charge is 2.08. The molecule has 0 N–H and O–H groups in total. The number of nitrogens with zero attached hydrogens (tertiary/aromatic N) is 2. The van der Waals surface area contributed by atoms with Gasteiger partial charge in [0.15, 0.2) is 5.82 Å². The summed E-state index contributed by atoms with van der Waals surface area (Å²) in [5.41, 5.74) is 0.669. The summed E-state index contributed by atoms with van der Waals surface area (Å²) >= 11 is 1.27. The predicted molar refractivity (Wildman–Crippen MR) is 56.7 cm³/mol. The molecule has 0 aliphatic carbocycles. The van der Waals surface area contributed by atoms with Gasteiger partial charge in [-0.1, -0.05) is 12.1 Å². The number of aryl methyl sites for hydroxylation is 1. The molecule has 0 bridgehead atoms. The second kappa shape index (κ2) is 4.52. The van der Waals surface area contributed by atoms with E-state index < -0.39 is 6.61 Å². The molecule has 0 aliphatic rings. The van der Waals surface area contributed by atoms with Gasteiger partial charge in [-0.05, 0) is 30.6 Å². The van der Waals surface area contributed by atoms with Crippen LogP contribution in [-0.2, 0) is 0 Å². The molecule has 84 valence electrons. The second-order valence-corrected chi connectivity index (χ2v) is 4.00. The lowest BCUT2D eigenvalue weighted by molar-refractivity contribution is -0.0498. The average molecular weight is 242 g/mol. The Balaban J connectivity index is 2.28. The predicted octanol–water partition coefficient (Wildman–Crippen LogP) is 3.11. The van der Waals surface area contributed by atoms with Crippen molar-refractivity contribution in [2.24, 2.45) is 0 Å². The fourth-order valence-corrected chi connectivity index (χ4v) is 1.72. The number of hydrogen-bond donors (Lipinski definition) is 0. The van der Waals surface area contributed by atoms with Crippen molar-refractivity contribution in [1.82, 2.24) is 9.36 Å². The minimum atomic E-state index is -2.82. The van der Waals surface area contributed by atoms with Gasteiger partial charge in [-0.15, -0.1) is 0 Å². The maximum Gasteiger partial charge on any atom is 0.387 e. The first-order valence-electron chi connectivity index (χ1n) is 4.51. The van der Waals surface area contributed by atoms with Crippen LogP contribution in [0.3, 0.4) is 0 Å². The molecule has 2 rings (SSSR count). The molecule has 0 radical (unpaired) electrons. The molecule has 0 fully saturated rings. The molecule has 6 heteroatoms. The number of ether oxygens (including phenoxy) is 1. The Morgan fingerprint density at radius 3 is 2.81 bits per heavy atom. The number of aromatic nitrogens is 2. The lowest BCUT2D eigenvalue weighted by atomic mass is 10.2. The van der Waals surface area contributed by atoms with Gasteiger partial charge < -0.3 is 4.74 Å². The monoisotopic (exact) mass is 242 g/mol. The highest BCUT2D eigenvalue weighted by molar-refractivity contribution is 7.05. The lowest BCUT2D eigenvalue weighted by Gasteiger charge is -2.04. The van der Waals surface area contributed by atoms with Gasteiger partial charge in [0.25, 0.3) is 0 Å². The lowest BCUT2D eigenvalue weighted by Crippen LogP contribution is -2.01. The zero-order chi connectivity index (χ0) is 11.5. The largest absolute Gasteiger partial charge is 0.435 e. The summed E-state index contributed by atoms with van der Waals surface area (Å²) < 4.78 is 32.4. The molecule has 3 nitrogen and oxygen atoms in total. The van der Waals surface area contributed by atoms with Crippen LogP contribution in [0.25, 0.3) is 11.4 Å². The second-order valence-electron chi connectivity index (χ2n) is 3.04. The van der Waals surface area contributed by atoms with Gasteiger partial charge >= 0.3 is 6.61 Å². The van der Waals surface area contributed by atoms with Crippen molar-refractivity contribution in [1.29, 1.82) is 0 Å². The molecule has 1 heterocycles. The van der Waals surface area contributed by atoms with Crippen LogP contribution in [0, 0.1) is 6.92 Å². The molecule has 0 aliphatic heterocycles. The van der Waals surface area contributed by atoms with Gasteiger partial charge in [-0.3, -0.25) is 0 Å². The first kappa shape index (κ1) is 10.9. The number of halogens is 2. The van der Waals surface area contributed by atoms with Crippen molar-refractivity contribution < 1.29 is 13.5 Å². The first-order valence-corrected chi connectivity index (χ1v) is 5.28. The van der Waals surface area contributed by atoms with Gasteiger partial charge in [0.1, 0.15) is 10.8 Å². The van der Waals surface area contributed by atoms with Crippen LogP contribution < -0.4 is 4.74 Å². The Bertz CT molecular complexity index is 487. The van der Waals surface area contributed by atoms with Crippen molar-refractivity contribution in [3.05, 3.63) is 29.3 Å². The van der Waals surface area contributed by atoms with Crippen molar-refractivity contribution >= 4 is 11.5 Å². The Hall–Kier alpha value is -1.56. The van der Waals surface area contributed by atoms with Gasteiger partial charge in [-0.2, -0.15) is 13.2 Å². The molecule has 0 saturated heterocycles. The molecule has 0 saturated carbocycles. The third-order valence-electron chi connectivity index (χ3n) is 1.84. The van der Waals surface area contributed by atoms with E-state index in [-0.39, 0.29) is 5.75 Å². The van der Waals surface area contributed by atoms with E-state index in [1.807, 2.05) is 6.92 Å². The summed E-state index contributed by atoms with van der Waals surface area (Å²) in [6, 6.07) is 6.34. The van der Waals surface area contributed by atoms with Gasteiger partial charge in [0.05, 0.1) is 0 Å². The smallest absolute Gasteiger partial charge is 0.387 e. The Labute approximate surface area is 94.9 Å². The van der Waals surface area contributed by atoms with E-state index >= 15 is 0 Å². The van der Waals surface area contributed by atoms with Crippen LogP contribution in [0.2, 0.25) is 0 Å². The first-order chi connectivity index (χ1) is 7.65. The van der Waals surface area contributed by atoms with E-state index in [1.54, 1.807) is 12.1 Å². The number of alkyl halides is 2. The Morgan fingerprint density at radius 2 is 2.19 bits per heavy atom. The molecule has 1 aromatic heterocycles. The van der Waals surface area contributed by atoms with Gasteiger partial charge in [0, 0.05) is 5.56 Å². The molecule has 0 amide bonds. The van der Waals surface area contributed by atoms with E-state index in [0.29, 0.717) is 11.4 Å². The average Bonchev–Trinajstić information content (AvgIpc) is 2.64. The summed E-state index contributed by atoms with van der Waals surface area (Å²) in [5.74, 6) is 0.641. The standard InChI is InChI=1S/C10H8F2N2OS/c1-6-13-9(14-16-6)7-3-2-4-8(5-7)15-10(11)12/h2-5,10H,1H3. The van der Waals surface area contributed by atoms with E-state index in [9.17, 15) is 8.78 Å².